The van der Waals surface area contributed by atoms with E-state index in [-0.39, 0.29) is 0 Å². The molecular formula is C15H17N5S. The second-order valence-corrected chi connectivity index (χ2v) is 6.04. The number of aromatic nitrogens is 2. The zero-order valence-electron chi connectivity index (χ0n) is 11.9. The van der Waals surface area contributed by atoms with Crippen molar-refractivity contribution >= 4 is 22.3 Å². The summed E-state index contributed by atoms with van der Waals surface area (Å²) in [7, 11) is 0. The number of nitriles is 1. The molecule has 5 nitrogen and oxygen atoms in total. The maximum absolute atomic E-state index is 9.16. The first-order valence-electron chi connectivity index (χ1n) is 7.05. The Bertz CT molecular complexity index is 652. The Kier molecular flexibility index (Phi) is 4.02. The van der Waals surface area contributed by atoms with E-state index in [1.807, 2.05) is 13.0 Å². The minimum atomic E-state index is 0.445. The molecule has 0 unspecified atom stereocenters. The Morgan fingerprint density at radius 3 is 2.90 bits per heavy atom. The van der Waals surface area contributed by atoms with Crippen LogP contribution in [0.15, 0.2) is 23.7 Å². The summed E-state index contributed by atoms with van der Waals surface area (Å²) in [4.78, 5) is 11.0. The van der Waals surface area contributed by atoms with Crippen molar-refractivity contribution in [1.29, 1.82) is 5.26 Å². The second-order valence-electron chi connectivity index (χ2n) is 5.19. The van der Waals surface area contributed by atoms with Crippen LogP contribution < -0.4 is 10.2 Å². The molecule has 2 aromatic rings. The maximum Gasteiger partial charge on any atom is 0.183 e. The molecule has 3 heterocycles. The van der Waals surface area contributed by atoms with Crippen molar-refractivity contribution in [1.82, 2.24) is 9.97 Å². The van der Waals surface area contributed by atoms with Crippen LogP contribution in [0.1, 0.15) is 24.1 Å². The molecule has 1 fully saturated rings. The van der Waals surface area contributed by atoms with Crippen molar-refractivity contribution in [3.05, 3.63) is 35.0 Å². The summed E-state index contributed by atoms with van der Waals surface area (Å²) in [6, 6.07) is 6.30. The van der Waals surface area contributed by atoms with Gasteiger partial charge < -0.3 is 10.2 Å². The third kappa shape index (κ3) is 3.14. The van der Waals surface area contributed by atoms with Crippen LogP contribution in [0.3, 0.4) is 0 Å². The molecule has 3 rings (SSSR count). The molecule has 108 valence electrons. The van der Waals surface area contributed by atoms with Crippen molar-refractivity contribution in [3.63, 3.8) is 0 Å². The minimum Gasteiger partial charge on any atom is -0.359 e. The Hall–Kier alpha value is -2.13. The van der Waals surface area contributed by atoms with Gasteiger partial charge in [-0.25, -0.2) is 9.97 Å². The number of hydrogen-bond donors (Lipinski definition) is 1. The zero-order chi connectivity index (χ0) is 14.7. The van der Waals surface area contributed by atoms with Crippen LogP contribution in [0, 0.1) is 18.3 Å². The van der Waals surface area contributed by atoms with Crippen LogP contribution in [0.25, 0.3) is 0 Å². The first-order chi connectivity index (χ1) is 10.3. The Morgan fingerprint density at radius 1 is 1.43 bits per heavy atom. The van der Waals surface area contributed by atoms with Gasteiger partial charge in [-0.3, -0.25) is 0 Å². The van der Waals surface area contributed by atoms with Gasteiger partial charge in [-0.05, 0) is 31.9 Å². The van der Waals surface area contributed by atoms with Gasteiger partial charge in [0, 0.05) is 30.7 Å². The summed E-state index contributed by atoms with van der Waals surface area (Å²) >= 11 is 1.66. The lowest BCUT2D eigenvalue weighted by Crippen LogP contribution is -2.39. The topological polar surface area (TPSA) is 64.8 Å². The van der Waals surface area contributed by atoms with E-state index in [1.54, 1.807) is 23.6 Å². The molecule has 0 bridgehead atoms. The fraction of sp³-hybridized carbons (Fsp3) is 0.400. The standard InChI is InChI=1S/C15H17N5S/c1-11-10-21-15(18-11)19-13-4-7-20(8-5-13)14-12(9-16)3-2-6-17-14/h2-3,6,10,13H,4-5,7-8H2,1H3,(H,18,19). The van der Waals surface area contributed by atoms with E-state index in [1.165, 1.54) is 0 Å². The van der Waals surface area contributed by atoms with Gasteiger partial charge in [-0.2, -0.15) is 5.26 Å². The molecule has 0 aliphatic carbocycles. The van der Waals surface area contributed by atoms with Crippen LogP contribution in [0.2, 0.25) is 0 Å². The third-order valence-corrected chi connectivity index (χ3v) is 4.54. The molecule has 1 saturated heterocycles. The van der Waals surface area contributed by atoms with Gasteiger partial charge in [0.05, 0.1) is 11.3 Å². The van der Waals surface area contributed by atoms with Crippen molar-refractivity contribution in [2.45, 2.75) is 25.8 Å². The lowest BCUT2D eigenvalue weighted by atomic mass is 10.0. The van der Waals surface area contributed by atoms with E-state index in [0.29, 0.717) is 11.6 Å². The van der Waals surface area contributed by atoms with Crippen molar-refractivity contribution in [2.24, 2.45) is 0 Å². The summed E-state index contributed by atoms with van der Waals surface area (Å²) in [6.07, 6.45) is 3.80. The normalized spacial score (nSPS) is 15.7. The molecule has 0 spiro atoms. The average molecular weight is 299 g/mol. The first-order valence-corrected chi connectivity index (χ1v) is 7.93. The Balaban J connectivity index is 1.61. The number of nitrogens with zero attached hydrogens (tertiary/aromatic N) is 4. The Morgan fingerprint density at radius 2 is 2.24 bits per heavy atom. The van der Waals surface area contributed by atoms with Crippen LogP contribution in [0.5, 0.6) is 0 Å². The van der Waals surface area contributed by atoms with Gasteiger partial charge in [0.1, 0.15) is 11.9 Å². The number of aryl methyl sites for hydroxylation is 1. The highest BCUT2D eigenvalue weighted by molar-refractivity contribution is 7.13. The lowest BCUT2D eigenvalue weighted by molar-refractivity contribution is 0.523. The molecule has 0 amide bonds. The lowest BCUT2D eigenvalue weighted by Gasteiger charge is -2.33. The summed E-state index contributed by atoms with van der Waals surface area (Å²) in [5.41, 5.74) is 1.71. The quantitative estimate of drug-likeness (QED) is 0.944. The minimum absolute atomic E-state index is 0.445. The van der Waals surface area contributed by atoms with Crippen molar-refractivity contribution in [2.75, 3.05) is 23.3 Å². The van der Waals surface area contributed by atoms with Gasteiger partial charge in [-0.15, -0.1) is 11.3 Å². The fourth-order valence-corrected chi connectivity index (χ4v) is 3.33. The highest BCUT2D eigenvalue weighted by atomic mass is 32.1. The van der Waals surface area contributed by atoms with Crippen LogP contribution in [0.4, 0.5) is 10.9 Å². The number of thiazole rings is 1. The average Bonchev–Trinajstić information content (AvgIpc) is 2.93. The van der Waals surface area contributed by atoms with Gasteiger partial charge in [0.15, 0.2) is 5.13 Å². The monoisotopic (exact) mass is 299 g/mol. The zero-order valence-corrected chi connectivity index (χ0v) is 12.7. The molecular weight excluding hydrogens is 282 g/mol. The molecule has 0 radical (unpaired) electrons. The molecule has 1 N–H and O–H groups in total. The Labute approximate surface area is 128 Å². The predicted molar refractivity (Wildman–Crippen MR) is 84.7 cm³/mol. The largest absolute Gasteiger partial charge is 0.359 e. The number of nitrogens with one attached hydrogen (secondary N) is 1. The highest BCUT2D eigenvalue weighted by Gasteiger charge is 2.22. The van der Waals surface area contributed by atoms with E-state index < -0.39 is 0 Å². The van der Waals surface area contributed by atoms with Crippen molar-refractivity contribution < 1.29 is 0 Å². The smallest absolute Gasteiger partial charge is 0.183 e. The van der Waals surface area contributed by atoms with Gasteiger partial charge in [0.25, 0.3) is 0 Å². The molecule has 0 atom stereocenters. The van der Waals surface area contributed by atoms with Crippen molar-refractivity contribution in [3.8, 4) is 6.07 Å². The van der Waals surface area contributed by atoms with Gasteiger partial charge in [-0.1, -0.05) is 0 Å². The van der Waals surface area contributed by atoms with E-state index in [0.717, 1.165) is 42.6 Å². The summed E-state index contributed by atoms with van der Waals surface area (Å²) < 4.78 is 0. The molecule has 6 heteroatoms. The highest BCUT2D eigenvalue weighted by Crippen LogP contribution is 2.24. The fourth-order valence-electron chi connectivity index (χ4n) is 2.57. The van der Waals surface area contributed by atoms with Gasteiger partial charge in [0.2, 0.25) is 0 Å². The predicted octanol–water partition coefficient (Wildman–Crippen LogP) is 2.80. The van der Waals surface area contributed by atoms with Crippen LogP contribution in [-0.4, -0.2) is 29.1 Å². The number of piperidine rings is 1. The summed E-state index contributed by atoms with van der Waals surface area (Å²) in [5.74, 6) is 0.809. The summed E-state index contributed by atoms with van der Waals surface area (Å²) in [6.45, 7) is 3.83. The molecule has 1 aliphatic rings. The number of anilines is 2. The molecule has 1 aliphatic heterocycles. The maximum atomic E-state index is 9.16. The van der Waals surface area contributed by atoms with Crippen LogP contribution >= 0.6 is 11.3 Å². The van der Waals surface area contributed by atoms with E-state index >= 15 is 0 Å². The van der Waals surface area contributed by atoms with Crippen LogP contribution in [-0.2, 0) is 0 Å². The van der Waals surface area contributed by atoms with Gasteiger partial charge >= 0.3 is 0 Å². The first kappa shape index (κ1) is 13.8. The third-order valence-electron chi connectivity index (χ3n) is 3.65. The molecule has 0 saturated carbocycles. The molecule has 21 heavy (non-hydrogen) atoms. The number of hydrogen-bond acceptors (Lipinski definition) is 6. The SMILES string of the molecule is Cc1csc(NC2CCN(c3ncccc3C#N)CC2)n1. The van der Waals surface area contributed by atoms with E-state index in [2.05, 4.69) is 31.6 Å². The van der Waals surface area contributed by atoms with E-state index in [4.69, 9.17) is 5.26 Å². The molecule has 2 aromatic heterocycles. The summed E-state index contributed by atoms with van der Waals surface area (Å²) in [5, 5.41) is 15.7. The second kappa shape index (κ2) is 6.10. The number of rotatable bonds is 3. The number of pyridine rings is 1. The molecule has 0 aromatic carbocycles. The van der Waals surface area contributed by atoms with E-state index in [9.17, 15) is 0 Å².